The maximum atomic E-state index is 11.9. The Labute approximate surface area is 126 Å². The number of likely N-dealkylation sites (tertiary alicyclic amines) is 1. The fraction of sp³-hybridized carbons (Fsp3) is 0.867. The molecule has 120 valence electrons. The van der Waals surface area contributed by atoms with Gasteiger partial charge in [-0.25, -0.2) is 0 Å². The first kappa shape index (κ1) is 16.2. The summed E-state index contributed by atoms with van der Waals surface area (Å²) >= 11 is 0. The summed E-state index contributed by atoms with van der Waals surface area (Å²) in [6, 6.07) is 0.303. The molecule has 0 radical (unpaired) electrons. The van der Waals surface area contributed by atoms with Crippen molar-refractivity contribution in [2.45, 2.75) is 38.1 Å². The normalized spacial score (nSPS) is 29.0. The molecule has 1 amide bonds. The molecule has 1 saturated heterocycles. The molecule has 1 heterocycles. The van der Waals surface area contributed by atoms with Gasteiger partial charge in [0.25, 0.3) is 0 Å². The molecular formula is C15H27N3O3. The van der Waals surface area contributed by atoms with Crippen LogP contribution in [0.15, 0.2) is 0 Å². The van der Waals surface area contributed by atoms with Gasteiger partial charge in [-0.15, -0.1) is 0 Å². The van der Waals surface area contributed by atoms with Gasteiger partial charge in [-0.1, -0.05) is 6.42 Å². The van der Waals surface area contributed by atoms with Crippen LogP contribution in [0.5, 0.6) is 0 Å². The smallest absolute Gasteiger partial charge is 0.305 e. The van der Waals surface area contributed by atoms with Crippen LogP contribution in [0.25, 0.3) is 0 Å². The first-order valence-electron chi connectivity index (χ1n) is 7.91. The highest BCUT2D eigenvalue weighted by molar-refractivity contribution is 5.78. The number of nitrogens with one attached hydrogen (secondary N) is 1. The molecular weight excluding hydrogens is 270 g/mol. The average molecular weight is 297 g/mol. The summed E-state index contributed by atoms with van der Waals surface area (Å²) in [4.78, 5) is 25.1. The van der Waals surface area contributed by atoms with Gasteiger partial charge in [0.05, 0.1) is 13.7 Å². The van der Waals surface area contributed by atoms with E-state index in [1.54, 1.807) is 0 Å². The van der Waals surface area contributed by atoms with Crippen molar-refractivity contribution >= 4 is 11.9 Å². The molecule has 2 fully saturated rings. The van der Waals surface area contributed by atoms with Gasteiger partial charge in [0, 0.05) is 32.1 Å². The van der Waals surface area contributed by atoms with Crippen molar-refractivity contribution in [1.29, 1.82) is 0 Å². The van der Waals surface area contributed by atoms with Gasteiger partial charge in [-0.3, -0.25) is 14.5 Å². The summed E-state index contributed by atoms with van der Waals surface area (Å²) in [5, 5.41) is 2.86. The number of hydrogen-bond acceptors (Lipinski definition) is 5. The number of ether oxygens (including phenoxy) is 1. The number of carbonyl (C=O) groups is 2. The first-order chi connectivity index (χ1) is 10.1. The highest BCUT2D eigenvalue weighted by Gasteiger charge is 2.38. The van der Waals surface area contributed by atoms with Crippen LogP contribution < -0.4 is 11.1 Å². The standard InChI is InChI=1S/C15H27N3O3/c1-21-15(20)6-3-7-17-14(19)10-18-8-11-4-2-5-13(16)12(11)9-18/h11-13H,2-10,16H2,1H3,(H,17,19). The molecule has 6 heteroatoms. The summed E-state index contributed by atoms with van der Waals surface area (Å²) in [6.45, 7) is 2.90. The van der Waals surface area contributed by atoms with E-state index in [0.29, 0.717) is 43.8 Å². The molecule has 0 aromatic rings. The monoisotopic (exact) mass is 297 g/mol. The van der Waals surface area contributed by atoms with Gasteiger partial charge in [-0.2, -0.15) is 0 Å². The van der Waals surface area contributed by atoms with E-state index in [2.05, 4.69) is 15.0 Å². The number of esters is 1. The Morgan fingerprint density at radius 1 is 1.33 bits per heavy atom. The third-order valence-electron chi connectivity index (χ3n) is 4.70. The second-order valence-electron chi connectivity index (χ2n) is 6.24. The van der Waals surface area contributed by atoms with E-state index in [1.165, 1.54) is 20.0 Å². The minimum atomic E-state index is -0.234. The molecule has 0 bridgehead atoms. The van der Waals surface area contributed by atoms with Gasteiger partial charge < -0.3 is 15.8 Å². The third-order valence-corrected chi connectivity index (χ3v) is 4.70. The maximum absolute atomic E-state index is 11.9. The molecule has 2 aliphatic rings. The number of nitrogens with zero attached hydrogens (tertiary/aromatic N) is 1. The van der Waals surface area contributed by atoms with Crippen molar-refractivity contribution < 1.29 is 14.3 Å². The van der Waals surface area contributed by atoms with E-state index >= 15 is 0 Å². The van der Waals surface area contributed by atoms with E-state index in [4.69, 9.17) is 5.73 Å². The quantitative estimate of drug-likeness (QED) is 0.537. The number of methoxy groups -OCH3 is 1. The highest BCUT2D eigenvalue weighted by Crippen LogP contribution is 2.35. The number of fused-ring (bicyclic) bond motifs is 1. The topological polar surface area (TPSA) is 84.7 Å². The zero-order valence-electron chi connectivity index (χ0n) is 12.8. The second-order valence-corrected chi connectivity index (χ2v) is 6.24. The van der Waals surface area contributed by atoms with Crippen LogP contribution in [0.1, 0.15) is 32.1 Å². The molecule has 3 N–H and O–H groups in total. The Hall–Kier alpha value is -1.14. The fourth-order valence-corrected chi connectivity index (χ4v) is 3.56. The van der Waals surface area contributed by atoms with Gasteiger partial charge in [0.15, 0.2) is 0 Å². The SMILES string of the molecule is COC(=O)CCCNC(=O)CN1CC2CCCC(N)C2C1. The van der Waals surface area contributed by atoms with E-state index in [-0.39, 0.29) is 11.9 Å². The Morgan fingerprint density at radius 3 is 2.86 bits per heavy atom. The number of rotatable bonds is 6. The van der Waals surface area contributed by atoms with Crippen molar-refractivity contribution in [2.75, 3.05) is 33.3 Å². The first-order valence-corrected chi connectivity index (χ1v) is 7.91. The molecule has 1 saturated carbocycles. The minimum absolute atomic E-state index is 0.0343. The third kappa shape index (κ3) is 4.68. The van der Waals surface area contributed by atoms with Crippen LogP contribution in [0.2, 0.25) is 0 Å². The van der Waals surface area contributed by atoms with E-state index in [0.717, 1.165) is 19.5 Å². The molecule has 2 rings (SSSR count). The Morgan fingerprint density at radius 2 is 2.14 bits per heavy atom. The lowest BCUT2D eigenvalue weighted by Gasteiger charge is -2.29. The summed E-state index contributed by atoms with van der Waals surface area (Å²) in [6.07, 6.45) is 4.55. The van der Waals surface area contributed by atoms with Crippen molar-refractivity contribution in [1.82, 2.24) is 10.2 Å². The van der Waals surface area contributed by atoms with E-state index in [9.17, 15) is 9.59 Å². The maximum Gasteiger partial charge on any atom is 0.305 e. The van der Waals surface area contributed by atoms with E-state index in [1.807, 2.05) is 0 Å². The number of carbonyl (C=O) groups excluding carboxylic acids is 2. The lowest BCUT2D eigenvalue weighted by molar-refractivity contribution is -0.140. The average Bonchev–Trinajstić information content (AvgIpc) is 2.87. The Kier molecular flexibility index (Phi) is 5.99. The molecule has 0 aromatic carbocycles. The lowest BCUT2D eigenvalue weighted by Crippen LogP contribution is -2.39. The van der Waals surface area contributed by atoms with Crippen LogP contribution in [0.3, 0.4) is 0 Å². The molecule has 3 atom stereocenters. The Balaban J connectivity index is 1.63. The van der Waals surface area contributed by atoms with Crippen molar-refractivity contribution in [3.05, 3.63) is 0 Å². The largest absolute Gasteiger partial charge is 0.469 e. The lowest BCUT2D eigenvalue weighted by atomic mass is 9.78. The van der Waals surface area contributed by atoms with Crippen LogP contribution >= 0.6 is 0 Å². The zero-order valence-corrected chi connectivity index (χ0v) is 12.8. The van der Waals surface area contributed by atoms with Crippen LogP contribution in [0, 0.1) is 11.8 Å². The fourth-order valence-electron chi connectivity index (χ4n) is 3.56. The summed E-state index contributed by atoms with van der Waals surface area (Å²) < 4.78 is 4.56. The molecule has 1 aliphatic heterocycles. The summed E-state index contributed by atoms with van der Waals surface area (Å²) in [5.74, 6) is 1.03. The number of amides is 1. The highest BCUT2D eigenvalue weighted by atomic mass is 16.5. The predicted octanol–water partition coefficient (Wildman–Crippen LogP) is 0.115. The van der Waals surface area contributed by atoms with Crippen LogP contribution in [-0.4, -0.2) is 56.1 Å². The molecule has 3 unspecified atom stereocenters. The van der Waals surface area contributed by atoms with Gasteiger partial charge in [0.1, 0.15) is 0 Å². The molecule has 0 spiro atoms. The van der Waals surface area contributed by atoms with Crippen molar-refractivity contribution in [3.63, 3.8) is 0 Å². The van der Waals surface area contributed by atoms with Gasteiger partial charge in [0.2, 0.25) is 5.91 Å². The minimum Gasteiger partial charge on any atom is -0.469 e. The second kappa shape index (κ2) is 7.75. The molecule has 0 aromatic heterocycles. The molecule has 21 heavy (non-hydrogen) atoms. The molecule has 1 aliphatic carbocycles. The molecule has 6 nitrogen and oxygen atoms in total. The zero-order chi connectivity index (χ0) is 15.2. The Bertz CT molecular complexity index is 375. The van der Waals surface area contributed by atoms with Crippen LogP contribution in [-0.2, 0) is 14.3 Å². The van der Waals surface area contributed by atoms with Crippen molar-refractivity contribution in [3.8, 4) is 0 Å². The van der Waals surface area contributed by atoms with E-state index < -0.39 is 0 Å². The van der Waals surface area contributed by atoms with Gasteiger partial charge >= 0.3 is 5.97 Å². The summed E-state index contributed by atoms with van der Waals surface area (Å²) in [7, 11) is 1.37. The predicted molar refractivity (Wildman–Crippen MR) is 79.5 cm³/mol. The van der Waals surface area contributed by atoms with Gasteiger partial charge in [-0.05, 0) is 31.1 Å². The number of hydrogen-bond donors (Lipinski definition) is 2. The summed E-state index contributed by atoms with van der Waals surface area (Å²) in [5.41, 5.74) is 6.18. The van der Waals surface area contributed by atoms with Crippen LogP contribution in [0.4, 0.5) is 0 Å². The number of nitrogens with two attached hydrogens (primary N) is 1. The van der Waals surface area contributed by atoms with Crippen molar-refractivity contribution in [2.24, 2.45) is 17.6 Å².